The normalized spacial score (nSPS) is 18.6. The Labute approximate surface area is 197 Å². The lowest BCUT2D eigenvalue weighted by Crippen LogP contribution is -2.46. The molecule has 1 amide bonds. The second-order valence-electron chi connectivity index (χ2n) is 9.21. The van der Waals surface area contributed by atoms with E-state index in [1.54, 1.807) is 19.1 Å². The highest BCUT2D eigenvalue weighted by Crippen LogP contribution is 2.17. The predicted octanol–water partition coefficient (Wildman–Crippen LogP) is 1.40. The number of fused-ring (bicyclic) bond motifs is 1. The molecule has 1 aromatic rings. The van der Waals surface area contributed by atoms with E-state index in [1.165, 1.54) is 0 Å². The highest BCUT2D eigenvalue weighted by Gasteiger charge is 2.32. The van der Waals surface area contributed by atoms with Crippen LogP contribution in [0, 0.1) is 12.8 Å². The Kier molecular flexibility index (Phi) is 9.73. The van der Waals surface area contributed by atoms with Crippen LogP contribution in [0.5, 0.6) is 0 Å². The van der Waals surface area contributed by atoms with Gasteiger partial charge in [0.15, 0.2) is 0 Å². The van der Waals surface area contributed by atoms with Gasteiger partial charge in [0, 0.05) is 25.3 Å². The molecule has 1 saturated heterocycles. The average molecular weight is 460 g/mol. The zero-order valence-electron chi connectivity index (χ0n) is 20.1. The summed E-state index contributed by atoms with van der Waals surface area (Å²) in [6.07, 6.45) is 4.23. The Morgan fingerprint density at radius 2 is 1.88 bits per heavy atom. The predicted molar refractivity (Wildman–Crippen MR) is 126 cm³/mol. The molecule has 1 aromatic carbocycles. The maximum absolute atomic E-state index is 13.0. The number of rotatable bonds is 7. The first-order valence-electron chi connectivity index (χ1n) is 12.1. The quantitative estimate of drug-likeness (QED) is 0.469. The van der Waals surface area contributed by atoms with Gasteiger partial charge in [0.05, 0.1) is 6.61 Å². The van der Waals surface area contributed by atoms with Gasteiger partial charge in [-0.15, -0.1) is 0 Å². The second kappa shape index (κ2) is 12.5. The van der Waals surface area contributed by atoms with Crippen molar-refractivity contribution in [2.24, 2.45) is 5.92 Å². The van der Waals surface area contributed by atoms with E-state index >= 15 is 0 Å². The van der Waals surface area contributed by atoms with Gasteiger partial charge in [-0.3, -0.25) is 9.69 Å². The van der Waals surface area contributed by atoms with Crippen LogP contribution in [0.1, 0.15) is 61.0 Å². The van der Waals surface area contributed by atoms with Crippen molar-refractivity contribution in [2.75, 3.05) is 39.5 Å². The Balaban J connectivity index is 1.55. The van der Waals surface area contributed by atoms with E-state index < -0.39 is 19.1 Å². The lowest BCUT2D eigenvalue weighted by molar-refractivity contribution is -0.147. The minimum atomic E-state index is -1.02. The van der Waals surface area contributed by atoms with Crippen molar-refractivity contribution in [1.29, 1.82) is 0 Å². The number of ether oxygens (including phenoxy) is 2. The van der Waals surface area contributed by atoms with Crippen LogP contribution in [0.15, 0.2) is 12.1 Å². The Morgan fingerprint density at radius 3 is 2.55 bits per heavy atom. The minimum absolute atomic E-state index is 0.126. The molecule has 182 valence electrons. The van der Waals surface area contributed by atoms with Crippen LogP contribution < -0.4 is 10.8 Å². The van der Waals surface area contributed by atoms with E-state index in [9.17, 15) is 14.6 Å². The molecule has 0 radical (unpaired) electrons. The Bertz CT molecular complexity index is 808. The molecule has 0 unspecified atom stereocenters. The molecule has 1 fully saturated rings. The molecule has 2 heterocycles. The number of benzene rings is 1. The first-order chi connectivity index (χ1) is 15.9. The lowest BCUT2D eigenvalue weighted by Gasteiger charge is -2.25. The van der Waals surface area contributed by atoms with Crippen molar-refractivity contribution in [2.45, 2.75) is 59.1 Å². The molecule has 0 aromatic heterocycles. The molecular formula is C24H37BN2O6. The molecule has 8 nitrogen and oxygen atoms in total. The van der Waals surface area contributed by atoms with Crippen molar-refractivity contribution in [3.8, 4) is 0 Å². The van der Waals surface area contributed by atoms with Gasteiger partial charge < -0.3 is 24.5 Å². The molecule has 3 rings (SSSR count). The summed E-state index contributed by atoms with van der Waals surface area (Å²) in [5, 5.41) is 12.9. The van der Waals surface area contributed by atoms with E-state index in [4.69, 9.17) is 14.1 Å². The summed E-state index contributed by atoms with van der Waals surface area (Å²) in [5.41, 5.74) is 2.60. The molecule has 33 heavy (non-hydrogen) atoms. The third-order valence-corrected chi connectivity index (χ3v) is 6.38. The molecule has 1 atom stereocenters. The van der Waals surface area contributed by atoms with Crippen LogP contribution in [0.25, 0.3) is 0 Å². The van der Waals surface area contributed by atoms with E-state index in [-0.39, 0.29) is 11.8 Å². The number of hydrogen-bond acceptors (Lipinski definition) is 7. The fraction of sp³-hybridized carbons (Fsp3) is 0.667. The standard InChI is InChI=1S/C24H37BN2O6/c1-17(2)22(24(29)32-15-12-27-10-4-6-13-31-14-7-5-11-27)26-23(28)20-9-8-19-16-33-25(30)21(19)18(20)3/h8-9,17,22,30H,4-7,10-16H2,1-3H3,(H,26,28)/t22-/m0/s1. The van der Waals surface area contributed by atoms with Crippen molar-refractivity contribution in [3.63, 3.8) is 0 Å². The average Bonchev–Trinajstić information content (AvgIpc) is 3.17. The number of nitrogens with one attached hydrogen (secondary N) is 1. The molecule has 2 aliphatic heterocycles. The van der Waals surface area contributed by atoms with Gasteiger partial charge in [-0.05, 0) is 74.3 Å². The molecule has 9 heteroatoms. The molecule has 0 bridgehead atoms. The van der Waals surface area contributed by atoms with Crippen LogP contribution >= 0.6 is 0 Å². The second-order valence-corrected chi connectivity index (χ2v) is 9.21. The summed E-state index contributed by atoms with van der Waals surface area (Å²) in [4.78, 5) is 28.1. The molecule has 2 N–H and O–H groups in total. The van der Waals surface area contributed by atoms with Gasteiger partial charge in [-0.2, -0.15) is 0 Å². The van der Waals surface area contributed by atoms with Crippen LogP contribution in [-0.2, 0) is 25.5 Å². The number of hydrogen-bond donors (Lipinski definition) is 2. The summed E-state index contributed by atoms with van der Waals surface area (Å²) in [6.45, 7) is 10.4. The van der Waals surface area contributed by atoms with Gasteiger partial charge in [0.1, 0.15) is 12.6 Å². The molecule has 0 saturated carbocycles. The monoisotopic (exact) mass is 460 g/mol. The van der Waals surface area contributed by atoms with Gasteiger partial charge in [0.2, 0.25) is 0 Å². The van der Waals surface area contributed by atoms with Crippen LogP contribution in [0.3, 0.4) is 0 Å². The third-order valence-electron chi connectivity index (χ3n) is 6.38. The highest BCUT2D eigenvalue weighted by atomic mass is 16.5. The van der Waals surface area contributed by atoms with Crippen molar-refractivity contribution in [1.82, 2.24) is 10.2 Å². The number of carbonyl (C=O) groups excluding carboxylic acids is 2. The first-order valence-corrected chi connectivity index (χ1v) is 12.1. The number of nitrogens with zero attached hydrogens (tertiary/aromatic N) is 1. The fourth-order valence-electron chi connectivity index (χ4n) is 4.35. The van der Waals surface area contributed by atoms with Crippen molar-refractivity contribution in [3.05, 3.63) is 28.8 Å². The molecule has 0 aliphatic carbocycles. The van der Waals surface area contributed by atoms with Gasteiger partial charge >= 0.3 is 13.1 Å². The van der Waals surface area contributed by atoms with Gasteiger partial charge in [0.25, 0.3) is 5.91 Å². The maximum Gasteiger partial charge on any atom is 0.492 e. The number of amides is 1. The summed E-state index contributed by atoms with van der Waals surface area (Å²) < 4.78 is 16.4. The van der Waals surface area contributed by atoms with E-state index in [0.717, 1.165) is 57.6 Å². The van der Waals surface area contributed by atoms with Gasteiger partial charge in [-0.1, -0.05) is 19.9 Å². The van der Waals surface area contributed by atoms with E-state index in [2.05, 4.69) is 10.2 Å². The Hall–Kier alpha value is -1.94. The largest absolute Gasteiger partial charge is 0.492 e. The van der Waals surface area contributed by atoms with Crippen LogP contribution in [-0.4, -0.2) is 74.4 Å². The SMILES string of the molecule is Cc1c(C(=O)N[C@H](C(=O)OCCN2CCCCOCCCC2)C(C)C)ccc2c1B(O)OC2. The summed E-state index contributed by atoms with van der Waals surface area (Å²) in [5.74, 6) is -0.905. The number of esters is 1. The van der Waals surface area contributed by atoms with E-state index in [1.807, 2.05) is 13.8 Å². The minimum Gasteiger partial charge on any atom is -0.463 e. The van der Waals surface area contributed by atoms with Crippen molar-refractivity contribution >= 4 is 24.5 Å². The maximum atomic E-state index is 13.0. The lowest BCUT2D eigenvalue weighted by atomic mass is 9.75. The molecular weight excluding hydrogens is 423 g/mol. The van der Waals surface area contributed by atoms with Gasteiger partial charge in [-0.25, -0.2) is 4.79 Å². The topological polar surface area (TPSA) is 97.3 Å². The van der Waals surface area contributed by atoms with Crippen LogP contribution in [0.4, 0.5) is 0 Å². The molecule has 2 aliphatic rings. The smallest absolute Gasteiger partial charge is 0.463 e. The molecule has 0 spiro atoms. The van der Waals surface area contributed by atoms with Crippen molar-refractivity contribution < 1.29 is 28.7 Å². The summed E-state index contributed by atoms with van der Waals surface area (Å²) in [7, 11) is -1.02. The number of carbonyl (C=O) groups is 2. The summed E-state index contributed by atoms with van der Waals surface area (Å²) in [6, 6.07) is 2.75. The van der Waals surface area contributed by atoms with E-state index in [0.29, 0.717) is 36.3 Å². The zero-order valence-corrected chi connectivity index (χ0v) is 20.1. The summed E-state index contributed by atoms with van der Waals surface area (Å²) >= 11 is 0. The Morgan fingerprint density at radius 1 is 1.18 bits per heavy atom. The van der Waals surface area contributed by atoms with Crippen LogP contribution in [0.2, 0.25) is 0 Å². The highest BCUT2D eigenvalue weighted by molar-refractivity contribution is 6.62. The third kappa shape index (κ3) is 7.02. The zero-order chi connectivity index (χ0) is 23.8. The first kappa shape index (κ1) is 25.7. The fourth-order valence-corrected chi connectivity index (χ4v) is 4.35.